The van der Waals surface area contributed by atoms with E-state index >= 15 is 0 Å². The standard InChI is InChI=1S/C9H10N2O2/c1-7(10-12)9(11-13)8-5-3-2-4-6-8/h2-6,12-13H,1H3/b10-7+,11-9-. The van der Waals surface area contributed by atoms with Crippen molar-refractivity contribution in [2.75, 3.05) is 0 Å². The second-order valence-electron chi connectivity index (χ2n) is 2.50. The number of benzene rings is 1. The van der Waals surface area contributed by atoms with Gasteiger partial charge in [-0.15, -0.1) is 0 Å². The molecule has 0 spiro atoms. The highest BCUT2D eigenvalue weighted by Crippen LogP contribution is 2.02. The lowest BCUT2D eigenvalue weighted by Gasteiger charge is -2.00. The SMILES string of the molecule is CC(=N\O)/C(=N/O)c1ccccc1. The van der Waals surface area contributed by atoms with Gasteiger partial charge >= 0.3 is 0 Å². The largest absolute Gasteiger partial charge is 0.411 e. The molecule has 1 rings (SSSR count). The quantitative estimate of drug-likeness (QED) is 0.411. The minimum Gasteiger partial charge on any atom is -0.411 e. The highest BCUT2D eigenvalue weighted by molar-refractivity contribution is 6.47. The molecule has 0 aliphatic rings. The number of nitrogens with zero attached hydrogens (tertiary/aromatic N) is 2. The van der Waals surface area contributed by atoms with Crippen molar-refractivity contribution >= 4 is 11.4 Å². The van der Waals surface area contributed by atoms with E-state index in [-0.39, 0.29) is 11.4 Å². The molecule has 2 N–H and O–H groups in total. The van der Waals surface area contributed by atoms with Crippen LogP contribution in [0.15, 0.2) is 40.6 Å². The molecule has 0 heterocycles. The van der Waals surface area contributed by atoms with Gasteiger partial charge in [0.25, 0.3) is 0 Å². The van der Waals surface area contributed by atoms with Gasteiger partial charge in [-0.2, -0.15) is 0 Å². The summed E-state index contributed by atoms with van der Waals surface area (Å²) in [7, 11) is 0. The van der Waals surface area contributed by atoms with Crippen LogP contribution < -0.4 is 0 Å². The van der Waals surface area contributed by atoms with E-state index in [1.54, 1.807) is 19.1 Å². The highest BCUT2D eigenvalue weighted by Gasteiger charge is 2.07. The van der Waals surface area contributed by atoms with E-state index in [0.29, 0.717) is 5.56 Å². The second kappa shape index (κ2) is 4.25. The summed E-state index contributed by atoms with van der Waals surface area (Å²) in [6.45, 7) is 1.56. The third kappa shape index (κ3) is 2.05. The summed E-state index contributed by atoms with van der Waals surface area (Å²) in [4.78, 5) is 0. The lowest BCUT2D eigenvalue weighted by atomic mass is 10.1. The maximum absolute atomic E-state index is 8.68. The monoisotopic (exact) mass is 178 g/mol. The van der Waals surface area contributed by atoms with Gasteiger partial charge in [-0.05, 0) is 6.92 Å². The molecular weight excluding hydrogens is 168 g/mol. The van der Waals surface area contributed by atoms with Crippen LogP contribution in [0.25, 0.3) is 0 Å². The maximum atomic E-state index is 8.68. The molecule has 0 saturated heterocycles. The summed E-state index contributed by atoms with van der Waals surface area (Å²) >= 11 is 0. The summed E-state index contributed by atoms with van der Waals surface area (Å²) in [5, 5.41) is 23.2. The van der Waals surface area contributed by atoms with Crippen molar-refractivity contribution in [2.45, 2.75) is 6.92 Å². The number of oxime groups is 2. The van der Waals surface area contributed by atoms with Gasteiger partial charge in [0.1, 0.15) is 11.4 Å². The van der Waals surface area contributed by atoms with E-state index in [2.05, 4.69) is 10.3 Å². The molecule has 0 aromatic heterocycles. The fourth-order valence-corrected chi connectivity index (χ4v) is 0.982. The van der Waals surface area contributed by atoms with Crippen molar-refractivity contribution in [1.29, 1.82) is 0 Å². The van der Waals surface area contributed by atoms with E-state index in [1.165, 1.54) is 0 Å². The van der Waals surface area contributed by atoms with Crippen molar-refractivity contribution in [1.82, 2.24) is 0 Å². The average Bonchev–Trinajstić information content (AvgIpc) is 2.20. The number of hydrogen-bond donors (Lipinski definition) is 2. The molecule has 1 aromatic rings. The Balaban J connectivity index is 3.07. The van der Waals surface area contributed by atoms with Crippen molar-refractivity contribution in [3.63, 3.8) is 0 Å². The fourth-order valence-electron chi connectivity index (χ4n) is 0.982. The molecule has 0 atom stereocenters. The van der Waals surface area contributed by atoms with Crippen molar-refractivity contribution in [3.05, 3.63) is 35.9 Å². The predicted octanol–water partition coefficient (Wildman–Crippen LogP) is 1.71. The molecule has 0 amide bonds. The Bertz CT molecular complexity index is 331. The molecule has 0 fully saturated rings. The Morgan fingerprint density at radius 2 is 1.69 bits per heavy atom. The van der Waals surface area contributed by atoms with Crippen LogP contribution in [0, 0.1) is 0 Å². The summed E-state index contributed by atoms with van der Waals surface area (Å²) in [6, 6.07) is 9.01. The second-order valence-corrected chi connectivity index (χ2v) is 2.50. The highest BCUT2D eigenvalue weighted by atomic mass is 16.4. The third-order valence-corrected chi connectivity index (χ3v) is 1.64. The van der Waals surface area contributed by atoms with Crippen molar-refractivity contribution < 1.29 is 10.4 Å². The Morgan fingerprint density at radius 1 is 1.08 bits per heavy atom. The Kier molecular flexibility index (Phi) is 3.03. The molecule has 0 saturated carbocycles. The van der Waals surface area contributed by atoms with Crippen LogP contribution in [0.2, 0.25) is 0 Å². The summed E-state index contributed by atoms with van der Waals surface area (Å²) in [5.74, 6) is 0. The molecule has 13 heavy (non-hydrogen) atoms. The van der Waals surface area contributed by atoms with E-state index < -0.39 is 0 Å². The molecule has 0 radical (unpaired) electrons. The molecule has 0 aliphatic carbocycles. The molecule has 68 valence electrons. The Labute approximate surface area is 75.8 Å². The topological polar surface area (TPSA) is 65.2 Å². The minimum atomic E-state index is 0.267. The van der Waals surface area contributed by atoms with Gasteiger partial charge in [0.15, 0.2) is 0 Å². The van der Waals surface area contributed by atoms with Crippen LogP contribution in [-0.4, -0.2) is 21.8 Å². The Hall–Kier alpha value is -1.84. The van der Waals surface area contributed by atoms with Gasteiger partial charge < -0.3 is 10.4 Å². The Morgan fingerprint density at radius 3 is 2.15 bits per heavy atom. The summed E-state index contributed by atoms with van der Waals surface area (Å²) in [5.41, 5.74) is 1.25. The molecule has 0 bridgehead atoms. The van der Waals surface area contributed by atoms with E-state index in [1.807, 2.05) is 18.2 Å². The normalized spacial score (nSPS) is 13.0. The zero-order chi connectivity index (χ0) is 9.68. The van der Waals surface area contributed by atoms with Crippen LogP contribution in [0.1, 0.15) is 12.5 Å². The predicted molar refractivity (Wildman–Crippen MR) is 49.7 cm³/mol. The smallest absolute Gasteiger partial charge is 0.134 e. The molecule has 4 heteroatoms. The lowest BCUT2D eigenvalue weighted by molar-refractivity contribution is 0.314. The van der Waals surface area contributed by atoms with Gasteiger partial charge in [0, 0.05) is 5.56 Å². The molecule has 0 unspecified atom stereocenters. The number of hydrogen-bond acceptors (Lipinski definition) is 4. The minimum absolute atomic E-state index is 0.267. The van der Waals surface area contributed by atoms with Gasteiger partial charge in [-0.25, -0.2) is 0 Å². The van der Waals surface area contributed by atoms with E-state index in [9.17, 15) is 0 Å². The van der Waals surface area contributed by atoms with Crippen LogP contribution in [0.3, 0.4) is 0 Å². The lowest BCUT2D eigenvalue weighted by Crippen LogP contribution is -2.11. The average molecular weight is 178 g/mol. The first kappa shape index (κ1) is 9.25. The zero-order valence-corrected chi connectivity index (χ0v) is 7.18. The van der Waals surface area contributed by atoms with Crippen molar-refractivity contribution in [3.8, 4) is 0 Å². The van der Waals surface area contributed by atoms with Crippen molar-refractivity contribution in [2.24, 2.45) is 10.3 Å². The van der Waals surface area contributed by atoms with Gasteiger partial charge in [-0.3, -0.25) is 0 Å². The molecular formula is C9H10N2O2. The third-order valence-electron chi connectivity index (χ3n) is 1.64. The first-order valence-corrected chi connectivity index (χ1v) is 3.76. The van der Waals surface area contributed by atoms with E-state index in [0.717, 1.165) is 0 Å². The van der Waals surface area contributed by atoms with Crippen LogP contribution in [0.4, 0.5) is 0 Å². The molecule has 1 aromatic carbocycles. The maximum Gasteiger partial charge on any atom is 0.134 e. The van der Waals surface area contributed by atoms with E-state index in [4.69, 9.17) is 10.4 Å². The van der Waals surface area contributed by atoms with Gasteiger partial charge in [0.2, 0.25) is 0 Å². The first-order chi connectivity index (χ1) is 6.29. The summed E-state index contributed by atoms with van der Waals surface area (Å²) < 4.78 is 0. The van der Waals surface area contributed by atoms with Gasteiger partial charge in [0.05, 0.1) is 0 Å². The van der Waals surface area contributed by atoms with Crippen LogP contribution >= 0.6 is 0 Å². The molecule has 0 aliphatic heterocycles. The summed E-state index contributed by atoms with van der Waals surface area (Å²) in [6.07, 6.45) is 0. The zero-order valence-electron chi connectivity index (χ0n) is 7.18. The fraction of sp³-hybridized carbons (Fsp3) is 0.111. The molecule has 4 nitrogen and oxygen atoms in total. The number of rotatable bonds is 2. The first-order valence-electron chi connectivity index (χ1n) is 3.76. The van der Waals surface area contributed by atoms with Gasteiger partial charge in [-0.1, -0.05) is 40.6 Å². The van der Waals surface area contributed by atoms with Crippen LogP contribution in [0.5, 0.6) is 0 Å². The van der Waals surface area contributed by atoms with Crippen LogP contribution in [-0.2, 0) is 0 Å².